The van der Waals surface area contributed by atoms with Gasteiger partial charge in [-0.2, -0.15) is 0 Å². The zero-order chi connectivity index (χ0) is 24.9. The first-order valence-electron chi connectivity index (χ1n) is 11.1. The number of nitrogens with one attached hydrogen (secondary N) is 2. The molecule has 0 bridgehead atoms. The van der Waals surface area contributed by atoms with Crippen LogP contribution in [-0.4, -0.2) is 40.7 Å². The molecule has 0 aliphatic heterocycles. The van der Waals surface area contributed by atoms with Gasteiger partial charge in [0.1, 0.15) is 17.3 Å². The number of alkyl carbamates (subject to hydrolysis) is 1. The number of hydrogen-bond acceptors (Lipinski definition) is 5. The number of carboxylic acids is 1. The van der Waals surface area contributed by atoms with E-state index >= 15 is 0 Å². The van der Waals surface area contributed by atoms with E-state index in [1.807, 2.05) is 48.5 Å². The summed E-state index contributed by atoms with van der Waals surface area (Å²) in [5, 5.41) is 14.3. The zero-order valence-electron chi connectivity index (χ0n) is 19.0. The zero-order valence-corrected chi connectivity index (χ0v) is 20.5. The Balaban J connectivity index is 1.43. The van der Waals surface area contributed by atoms with Crippen molar-refractivity contribution in [2.45, 2.75) is 31.7 Å². The van der Waals surface area contributed by atoms with E-state index in [4.69, 9.17) is 9.84 Å². The lowest BCUT2D eigenvalue weighted by atomic mass is 9.98. The number of benzene rings is 2. The molecule has 0 radical (unpaired) electrons. The maximum absolute atomic E-state index is 12.9. The van der Waals surface area contributed by atoms with Crippen molar-refractivity contribution in [3.8, 4) is 11.1 Å². The van der Waals surface area contributed by atoms with Crippen LogP contribution in [0.15, 0.2) is 65.3 Å². The quantitative estimate of drug-likeness (QED) is 0.353. The van der Waals surface area contributed by atoms with Crippen LogP contribution in [0, 0.1) is 6.92 Å². The molecule has 1 unspecified atom stereocenters. The largest absolute Gasteiger partial charge is 0.481 e. The van der Waals surface area contributed by atoms with Gasteiger partial charge in [-0.1, -0.05) is 48.5 Å². The Hall–Kier alpha value is -3.72. The molecular formula is C26H24BrN3O5. The van der Waals surface area contributed by atoms with E-state index in [0.29, 0.717) is 16.0 Å². The summed E-state index contributed by atoms with van der Waals surface area (Å²) in [5.74, 6) is -1.75. The topological polar surface area (TPSA) is 118 Å². The van der Waals surface area contributed by atoms with Crippen molar-refractivity contribution in [3.63, 3.8) is 0 Å². The summed E-state index contributed by atoms with van der Waals surface area (Å²) in [4.78, 5) is 40.9. The molecule has 2 amide bonds. The minimum Gasteiger partial charge on any atom is -0.481 e. The summed E-state index contributed by atoms with van der Waals surface area (Å²) in [6.07, 6.45) is -1.17. The highest BCUT2D eigenvalue weighted by molar-refractivity contribution is 9.10. The van der Waals surface area contributed by atoms with Crippen molar-refractivity contribution < 1.29 is 24.2 Å². The maximum atomic E-state index is 12.9. The van der Waals surface area contributed by atoms with Gasteiger partial charge in [-0.05, 0) is 63.7 Å². The van der Waals surface area contributed by atoms with Gasteiger partial charge in [0.05, 0.1) is 11.4 Å². The molecule has 1 atom stereocenters. The van der Waals surface area contributed by atoms with Crippen LogP contribution < -0.4 is 10.6 Å². The van der Waals surface area contributed by atoms with Gasteiger partial charge in [-0.25, -0.2) is 9.78 Å². The smallest absolute Gasteiger partial charge is 0.407 e. The lowest BCUT2D eigenvalue weighted by Gasteiger charge is -2.20. The fraction of sp³-hybridized carbons (Fsp3) is 0.231. The molecule has 9 heteroatoms. The summed E-state index contributed by atoms with van der Waals surface area (Å²) < 4.78 is 6.14. The minimum absolute atomic E-state index is 0.0862. The SMILES string of the molecule is Cc1nc(Br)ccc1NC(=O)C(CCC(=O)O)NC(=O)OCC1c2ccccc2-c2ccccc21. The number of aliphatic carboxylic acids is 1. The van der Waals surface area contributed by atoms with Crippen LogP contribution in [0.3, 0.4) is 0 Å². The summed E-state index contributed by atoms with van der Waals surface area (Å²) in [6.45, 7) is 1.81. The molecule has 3 aromatic rings. The van der Waals surface area contributed by atoms with Crippen LogP contribution in [0.1, 0.15) is 35.6 Å². The second-order valence-electron chi connectivity index (χ2n) is 8.21. The minimum atomic E-state index is -1.09. The van der Waals surface area contributed by atoms with Crippen molar-refractivity contribution in [1.29, 1.82) is 0 Å². The molecule has 3 N–H and O–H groups in total. The third kappa shape index (κ3) is 5.68. The summed E-state index contributed by atoms with van der Waals surface area (Å²) >= 11 is 3.27. The van der Waals surface area contributed by atoms with E-state index in [9.17, 15) is 14.4 Å². The number of pyridine rings is 1. The molecule has 1 aromatic heterocycles. The number of carbonyl (C=O) groups excluding carboxylic acids is 2. The summed E-state index contributed by atoms with van der Waals surface area (Å²) in [5.41, 5.74) is 5.39. The Morgan fingerprint density at radius 3 is 2.26 bits per heavy atom. The van der Waals surface area contributed by atoms with Crippen molar-refractivity contribution in [2.24, 2.45) is 0 Å². The van der Waals surface area contributed by atoms with Crippen LogP contribution in [-0.2, 0) is 14.3 Å². The normalized spacial score (nSPS) is 12.9. The van der Waals surface area contributed by atoms with Crippen LogP contribution in [0.4, 0.5) is 10.5 Å². The van der Waals surface area contributed by atoms with E-state index in [1.54, 1.807) is 19.1 Å². The Morgan fingerprint density at radius 1 is 1.03 bits per heavy atom. The standard InChI is InChI=1S/C26H24BrN3O5/c1-15-21(10-12-23(27)28-15)29-25(33)22(11-13-24(31)32)30-26(34)35-14-20-18-8-4-2-6-16(18)17-7-3-5-9-19(17)20/h2-10,12,20,22H,11,13-14H2,1H3,(H,29,33)(H,30,34)(H,31,32). The Kier molecular flexibility index (Phi) is 7.45. The van der Waals surface area contributed by atoms with Crippen molar-refractivity contribution in [3.05, 3.63) is 82.1 Å². The number of amides is 2. The van der Waals surface area contributed by atoms with Crippen LogP contribution in [0.25, 0.3) is 11.1 Å². The second kappa shape index (κ2) is 10.7. The second-order valence-corrected chi connectivity index (χ2v) is 9.02. The van der Waals surface area contributed by atoms with Crippen LogP contribution in [0.2, 0.25) is 0 Å². The summed E-state index contributed by atoms with van der Waals surface area (Å²) in [6, 6.07) is 18.2. The molecule has 1 aliphatic carbocycles. The first kappa shape index (κ1) is 24.4. The highest BCUT2D eigenvalue weighted by atomic mass is 79.9. The number of aromatic nitrogens is 1. The number of nitrogens with zero attached hydrogens (tertiary/aromatic N) is 1. The van der Waals surface area contributed by atoms with Gasteiger partial charge in [0.25, 0.3) is 0 Å². The molecule has 1 heterocycles. The lowest BCUT2D eigenvalue weighted by Crippen LogP contribution is -2.44. The average molecular weight is 538 g/mol. The predicted octanol–water partition coefficient (Wildman–Crippen LogP) is 4.86. The third-order valence-electron chi connectivity index (χ3n) is 5.91. The Labute approximate surface area is 210 Å². The van der Waals surface area contributed by atoms with Gasteiger partial charge in [-0.3, -0.25) is 9.59 Å². The molecule has 4 rings (SSSR count). The first-order valence-corrected chi connectivity index (χ1v) is 11.9. The van der Waals surface area contributed by atoms with Crippen molar-refractivity contribution in [1.82, 2.24) is 10.3 Å². The third-order valence-corrected chi connectivity index (χ3v) is 6.35. The van der Waals surface area contributed by atoms with Gasteiger partial charge in [0, 0.05) is 12.3 Å². The number of carbonyl (C=O) groups is 3. The number of hydrogen-bond donors (Lipinski definition) is 3. The molecule has 180 valence electrons. The van der Waals surface area contributed by atoms with E-state index in [0.717, 1.165) is 22.3 Å². The number of anilines is 1. The van der Waals surface area contributed by atoms with Crippen LogP contribution >= 0.6 is 15.9 Å². The van der Waals surface area contributed by atoms with E-state index in [2.05, 4.69) is 31.5 Å². The fourth-order valence-corrected chi connectivity index (χ4v) is 4.60. The molecule has 0 fully saturated rings. The van der Waals surface area contributed by atoms with Gasteiger partial charge in [0.2, 0.25) is 5.91 Å². The van der Waals surface area contributed by atoms with E-state index in [1.165, 1.54) is 0 Å². The van der Waals surface area contributed by atoms with E-state index < -0.39 is 24.0 Å². The predicted molar refractivity (Wildman–Crippen MR) is 134 cm³/mol. The first-order chi connectivity index (χ1) is 16.8. The monoisotopic (exact) mass is 537 g/mol. The molecule has 35 heavy (non-hydrogen) atoms. The lowest BCUT2D eigenvalue weighted by molar-refractivity contribution is -0.137. The van der Waals surface area contributed by atoms with Gasteiger partial charge in [-0.15, -0.1) is 0 Å². The van der Waals surface area contributed by atoms with E-state index in [-0.39, 0.29) is 25.4 Å². The Bertz CT molecular complexity index is 1230. The number of rotatable bonds is 8. The molecule has 8 nitrogen and oxygen atoms in total. The highest BCUT2D eigenvalue weighted by Gasteiger charge is 2.30. The average Bonchev–Trinajstić information content (AvgIpc) is 3.15. The molecule has 0 saturated carbocycles. The molecule has 2 aromatic carbocycles. The van der Waals surface area contributed by atoms with Crippen molar-refractivity contribution >= 4 is 39.6 Å². The number of carboxylic acid groups (broad SMARTS) is 1. The summed E-state index contributed by atoms with van der Waals surface area (Å²) in [7, 11) is 0. The van der Waals surface area contributed by atoms with Crippen molar-refractivity contribution in [2.75, 3.05) is 11.9 Å². The number of halogens is 1. The maximum Gasteiger partial charge on any atom is 0.407 e. The van der Waals surface area contributed by atoms with Gasteiger partial charge < -0.3 is 20.5 Å². The molecule has 0 saturated heterocycles. The number of aryl methyl sites for hydroxylation is 1. The molecular weight excluding hydrogens is 514 g/mol. The van der Waals surface area contributed by atoms with Gasteiger partial charge in [0.15, 0.2) is 0 Å². The molecule has 0 spiro atoms. The molecule has 1 aliphatic rings. The van der Waals surface area contributed by atoms with Crippen LogP contribution in [0.5, 0.6) is 0 Å². The fourth-order valence-electron chi connectivity index (χ4n) is 4.20. The number of ether oxygens (including phenoxy) is 1. The van der Waals surface area contributed by atoms with Gasteiger partial charge >= 0.3 is 12.1 Å². The Morgan fingerprint density at radius 2 is 1.66 bits per heavy atom. The number of fused-ring (bicyclic) bond motifs is 3. The highest BCUT2D eigenvalue weighted by Crippen LogP contribution is 2.44.